The average Bonchev–Trinajstić information content (AvgIpc) is 3.04. The molecule has 0 bridgehead atoms. The first-order valence-corrected chi connectivity index (χ1v) is 13.6. The summed E-state index contributed by atoms with van der Waals surface area (Å²) in [6.07, 6.45) is -1.24. The van der Waals surface area contributed by atoms with Gasteiger partial charge in [-0.15, -0.1) is 0 Å². The molecule has 0 unspecified atom stereocenters. The number of nitrogens with zero attached hydrogens (tertiary/aromatic N) is 1. The minimum atomic E-state index is -0.970. The lowest BCUT2D eigenvalue weighted by molar-refractivity contribution is -0.207. The predicted octanol–water partition coefficient (Wildman–Crippen LogP) is 5.53. The van der Waals surface area contributed by atoms with Crippen LogP contribution >= 0.6 is 0 Å². The minimum absolute atomic E-state index is 0.0155. The number of carbonyl (C=O) groups excluding carboxylic acids is 2. The van der Waals surface area contributed by atoms with Crippen LogP contribution in [0.15, 0.2) is 121 Å². The predicted molar refractivity (Wildman–Crippen MR) is 155 cm³/mol. The van der Waals surface area contributed by atoms with Gasteiger partial charge in [-0.05, 0) is 22.3 Å². The number of ether oxygens (including phenoxy) is 3. The number of hydrogen-bond acceptors (Lipinski definition) is 6. The van der Waals surface area contributed by atoms with Crippen LogP contribution in [0.25, 0.3) is 0 Å². The molecule has 41 heavy (non-hydrogen) atoms. The van der Waals surface area contributed by atoms with Gasteiger partial charge in [-0.3, -0.25) is 9.63 Å². The van der Waals surface area contributed by atoms with Crippen molar-refractivity contribution < 1.29 is 28.6 Å². The van der Waals surface area contributed by atoms with Crippen LogP contribution in [0.4, 0.5) is 0 Å². The first-order valence-electron chi connectivity index (χ1n) is 13.6. The average molecular weight is 554 g/mol. The van der Waals surface area contributed by atoms with Gasteiger partial charge in [-0.25, -0.2) is 5.06 Å². The topological polar surface area (TPSA) is 74.3 Å². The van der Waals surface area contributed by atoms with Gasteiger partial charge >= 0.3 is 0 Å². The molecule has 4 aromatic rings. The van der Waals surface area contributed by atoms with E-state index in [9.17, 15) is 9.59 Å². The van der Waals surface area contributed by atoms with Gasteiger partial charge in [-0.1, -0.05) is 121 Å². The third kappa shape index (κ3) is 10.1. The van der Waals surface area contributed by atoms with E-state index in [1.165, 1.54) is 5.06 Å². The van der Waals surface area contributed by atoms with Crippen LogP contribution < -0.4 is 0 Å². The maximum atomic E-state index is 12.4. The molecule has 0 N–H and O–H groups in total. The zero-order valence-corrected chi connectivity index (χ0v) is 22.9. The Balaban J connectivity index is 1.56. The van der Waals surface area contributed by atoms with Gasteiger partial charge in [-0.2, -0.15) is 0 Å². The summed E-state index contributed by atoms with van der Waals surface area (Å²) in [5.41, 5.74) is 3.70. The Bertz CT molecular complexity index is 1270. The Morgan fingerprint density at radius 2 is 0.951 bits per heavy atom. The van der Waals surface area contributed by atoms with Crippen LogP contribution in [0.3, 0.4) is 0 Å². The van der Waals surface area contributed by atoms with Crippen molar-refractivity contribution in [3.05, 3.63) is 144 Å². The van der Waals surface area contributed by atoms with Crippen molar-refractivity contribution in [2.45, 2.75) is 44.7 Å². The molecule has 0 radical (unpaired) electrons. The first-order chi connectivity index (χ1) is 20.2. The van der Waals surface area contributed by atoms with Gasteiger partial charge in [0.2, 0.25) is 6.41 Å². The molecule has 4 rings (SSSR count). The molecule has 212 valence electrons. The molecule has 0 aliphatic carbocycles. The summed E-state index contributed by atoms with van der Waals surface area (Å²) in [7, 11) is 0. The maximum Gasteiger partial charge on any atom is 0.233 e. The molecule has 0 spiro atoms. The second kappa shape index (κ2) is 16.8. The van der Waals surface area contributed by atoms with Crippen molar-refractivity contribution in [3.63, 3.8) is 0 Å². The highest BCUT2D eigenvalue weighted by molar-refractivity contribution is 5.57. The zero-order chi connectivity index (χ0) is 28.5. The smallest absolute Gasteiger partial charge is 0.233 e. The van der Waals surface area contributed by atoms with Crippen molar-refractivity contribution >= 4 is 12.7 Å². The first kappa shape index (κ1) is 29.8. The lowest BCUT2D eigenvalue weighted by atomic mass is 10.1. The Morgan fingerprint density at radius 1 is 0.537 bits per heavy atom. The molecule has 7 nitrogen and oxygen atoms in total. The van der Waals surface area contributed by atoms with Crippen LogP contribution in [0.5, 0.6) is 0 Å². The quantitative estimate of drug-likeness (QED) is 0.119. The third-order valence-electron chi connectivity index (χ3n) is 6.42. The van der Waals surface area contributed by atoms with Gasteiger partial charge in [0.25, 0.3) is 0 Å². The molecule has 0 aliphatic heterocycles. The van der Waals surface area contributed by atoms with Crippen LogP contribution in [-0.2, 0) is 55.1 Å². The molecule has 0 saturated carbocycles. The van der Waals surface area contributed by atoms with Crippen LogP contribution in [0, 0.1) is 0 Å². The van der Waals surface area contributed by atoms with E-state index >= 15 is 0 Å². The van der Waals surface area contributed by atoms with E-state index < -0.39 is 18.3 Å². The van der Waals surface area contributed by atoms with Crippen molar-refractivity contribution in [3.8, 4) is 0 Å². The molecule has 0 saturated heterocycles. The molecule has 0 aliphatic rings. The van der Waals surface area contributed by atoms with Gasteiger partial charge in [0.1, 0.15) is 24.9 Å². The molecular formula is C34H35NO6. The lowest BCUT2D eigenvalue weighted by Crippen LogP contribution is -2.48. The number of hydrogen-bond donors (Lipinski definition) is 0. The number of amides is 1. The minimum Gasteiger partial charge on any atom is -0.369 e. The highest BCUT2D eigenvalue weighted by Crippen LogP contribution is 2.19. The zero-order valence-electron chi connectivity index (χ0n) is 22.9. The Labute approximate surface area is 241 Å². The van der Waals surface area contributed by atoms with E-state index in [1.807, 2.05) is 121 Å². The summed E-state index contributed by atoms with van der Waals surface area (Å²) in [5.74, 6) is 0. The second-order valence-electron chi connectivity index (χ2n) is 9.46. The van der Waals surface area contributed by atoms with E-state index in [0.29, 0.717) is 6.41 Å². The molecule has 3 atom stereocenters. The van der Waals surface area contributed by atoms with E-state index in [0.717, 1.165) is 28.5 Å². The highest BCUT2D eigenvalue weighted by atomic mass is 16.7. The molecule has 0 fully saturated rings. The van der Waals surface area contributed by atoms with Gasteiger partial charge < -0.3 is 19.0 Å². The van der Waals surface area contributed by atoms with Crippen molar-refractivity contribution in [1.29, 1.82) is 0 Å². The van der Waals surface area contributed by atoms with Crippen molar-refractivity contribution in [2.24, 2.45) is 0 Å². The normalized spacial score (nSPS) is 13.2. The maximum absolute atomic E-state index is 12.4. The lowest BCUT2D eigenvalue weighted by Gasteiger charge is -2.33. The molecule has 4 aromatic carbocycles. The van der Waals surface area contributed by atoms with Gasteiger partial charge in [0.05, 0.1) is 26.4 Å². The number of hydroxylamine groups is 2. The fourth-order valence-electron chi connectivity index (χ4n) is 4.22. The molecule has 1 amide bonds. The summed E-state index contributed by atoms with van der Waals surface area (Å²) < 4.78 is 18.8. The van der Waals surface area contributed by atoms with Crippen LogP contribution in [0.1, 0.15) is 22.3 Å². The SMILES string of the molecule is O=C[C@@H](OCc1ccccc1)[C@@H](OCc1ccccc1)[C@@H](CN(C=O)OCc1ccccc1)OCc1ccccc1. The Morgan fingerprint density at radius 3 is 1.39 bits per heavy atom. The fraction of sp³-hybridized carbons (Fsp3) is 0.235. The number of carbonyl (C=O) groups is 2. The molecular weight excluding hydrogens is 518 g/mol. The largest absolute Gasteiger partial charge is 0.369 e. The Kier molecular flexibility index (Phi) is 12.3. The number of aldehydes is 1. The highest BCUT2D eigenvalue weighted by Gasteiger charge is 2.34. The monoisotopic (exact) mass is 553 g/mol. The van der Waals surface area contributed by atoms with E-state index in [4.69, 9.17) is 19.0 Å². The molecule has 7 heteroatoms. The Hall–Kier alpha value is -4.14. The molecule has 0 heterocycles. The summed E-state index contributed by atoms with van der Waals surface area (Å²) in [4.78, 5) is 30.4. The van der Waals surface area contributed by atoms with E-state index in [1.54, 1.807) is 0 Å². The summed E-state index contributed by atoms with van der Waals surface area (Å²) >= 11 is 0. The van der Waals surface area contributed by atoms with E-state index in [2.05, 4.69) is 0 Å². The molecule has 0 aromatic heterocycles. The number of rotatable bonds is 18. The van der Waals surface area contributed by atoms with Crippen LogP contribution in [0.2, 0.25) is 0 Å². The summed E-state index contributed by atoms with van der Waals surface area (Å²) in [6, 6.07) is 38.5. The van der Waals surface area contributed by atoms with Crippen LogP contribution in [-0.4, -0.2) is 42.6 Å². The second-order valence-corrected chi connectivity index (χ2v) is 9.46. The fourth-order valence-corrected chi connectivity index (χ4v) is 4.22. The number of benzene rings is 4. The summed E-state index contributed by atoms with van der Waals surface area (Å²) in [5, 5.41) is 1.18. The van der Waals surface area contributed by atoms with Gasteiger partial charge in [0.15, 0.2) is 6.29 Å². The summed E-state index contributed by atoms with van der Waals surface area (Å²) in [6.45, 7) is 0.889. The van der Waals surface area contributed by atoms with Crippen molar-refractivity contribution in [2.75, 3.05) is 6.54 Å². The van der Waals surface area contributed by atoms with E-state index in [-0.39, 0.29) is 33.0 Å². The standard InChI is InChI=1S/C34H35NO6/c36-22-33(39-24-29-15-7-2-8-16-29)34(40-25-30-17-9-3-10-18-30)32(38-23-28-13-5-1-6-14-28)21-35(27-37)41-26-31-19-11-4-12-20-31/h1-20,22,27,32-34H,21,23-26H2/t32-,33-,34+/m1/s1. The van der Waals surface area contributed by atoms with Crippen molar-refractivity contribution in [1.82, 2.24) is 5.06 Å². The van der Waals surface area contributed by atoms with Gasteiger partial charge in [0, 0.05) is 0 Å². The third-order valence-corrected chi connectivity index (χ3v) is 6.42.